The number of piperidine rings is 1. The summed E-state index contributed by atoms with van der Waals surface area (Å²) in [7, 11) is 0. The average molecular weight is 1740 g/mol. The lowest BCUT2D eigenvalue weighted by atomic mass is 9.65. The molecular weight excluding hydrogens is 1530 g/mol. The fourth-order valence-electron chi connectivity index (χ4n) is 23.6. The summed E-state index contributed by atoms with van der Waals surface area (Å²) in [4.78, 5) is 4.32. The van der Waals surface area contributed by atoms with Gasteiger partial charge in [-0.25, -0.2) is 0 Å². The molecule has 0 amide bonds. The van der Waals surface area contributed by atoms with Crippen molar-refractivity contribution < 1.29 is 0 Å². The minimum Gasteiger partial charge on any atom is -0.314 e. The van der Waals surface area contributed by atoms with Crippen molar-refractivity contribution in [3.05, 3.63) is 196 Å². The summed E-state index contributed by atoms with van der Waals surface area (Å²) in [6.45, 7) is 35.6. The maximum Gasteiger partial charge on any atom is 0.0435 e. The van der Waals surface area contributed by atoms with E-state index >= 15 is 0 Å². The molecule has 0 radical (unpaired) electrons. The third-order valence-electron chi connectivity index (χ3n) is 30.5. The lowest BCUT2D eigenvalue weighted by Crippen LogP contribution is -2.42. The SMILES string of the molecule is C1=CC2CCCC(C1)CCC2.C1=CCCC1.C1=CCCCC1.C1CC2CC(C1)C2.C1CC2CCC1CC2.C1CC2CCCC(C1)CCC2.C1CCC2CCCCC2C1.C1CCC2NCCCC2C1.CC.CC.CC.CC.CC.CC.CC.CC.CC1c2ccccc2-c2ccccc21.c1ccc2c(c1)CCC2.c1ccc2c(c1)CCCC2.c1cnc2c(c1)CCCC2. The van der Waals surface area contributed by atoms with Gasteiger partial charge in [0.25, 0.3) is 0 Å². The first-order valence-electron chi connectivity index (χ1n) is 57.0. The van der Waals surface area contributed by atoms with E-state index in [0.29, 0.717) is 5.92 Å². The number of pyridine rings is 1. The molecule has 0 spiro atoms. The number of aromatic nitrogens is 1. The molecule has 1 aliphatic heterocycles. The second kappa shape index (κ2) is 76.6. The maximum absolute atomic E-state index is 4.32. The Bertz CT molecular complexity index is 3060. The van der Waals surface area contributed by atoms with Gasteiger partial charge in [0.1, 0.15) is 0 Å². The van der Waals surface area contributed by atoms with Crippen LogP contribution in [-0.4, -0.2) is 17.6 Å². The molecule has 14 fully saturated rings. The first kappa shape index (κ1) is 115. The highest BCUT2D eigenvalue weighted by Gasteiger charge is 2.33. The minimum absolute atomic E-state index is 0.558. The van der Waals surface area contributed by atoms with Crippen LogP contribution in [0.15, 0.2) is 152 Å². The van der Waals surface area contributed by atoms with E-state index in [2.05, 4.69) is 157 Å². The van der Waals surface area contributed by atoms with Crippen molar-refractivity contribution in [2.75, 3.05) is 6.54 Å². The Hall–Kier alpha value is -4.79. The van der Waals surface area contributed by atoms with Crippen LogP contribution in [0.2, 0.25) is 0 Å². The number of aryl methyl sites for hydroxylation is 6. The highest BCUT2D eigenvalue weighted by molar-refractivity contribution is 5.78. The number of benzene rings is 4. The van der Waals surface area contributed by atoms with Crippen LogP contribution < -0.4 is 5.32 Å². The highest BCUT2D eigenvalue weighted by atomic mass is 14.9. The standard InChI is InChI=1S/C14H12.C11H20.C11H18.C10H18.C10H12.C9H17N.C9H11N.C9H10.C8H14.C7H12.C6H10.C5H8.8C2H6/c1-10-11-6-2-4-8-13(11)14-9-5-3-7-12(10)14;2*1-4-10-6-2-7-11(5-1)9-3-8-10;2*1-2-6-10-8-4-3-7-9(10)5-1;2*1-2-6-9-8(4-1)5-3-7-10-9;1-2-5-9-7-3-6-8(9)4-1;1-2-8-5-3-7(1)4-6-8;1-2-6-4-7(3-1)5-6;1-2-4-6-5-3-1;1-2-4-5-3-1;8*1-2/h2-10H,1H3;10-11H,1-9H2;1,4,10-11H,2-3,5-9H2;9-10H,1-8H2;1-2,5-6H,3-4,7-8H2;8-10H,1-7H2;3,5,7H,1-2,4,6H2;1-2,4-5H,3,6-7H2;7-8H,1-6H2;6-7H,1-5H2;1-2H,3-6H2;1-2H,3-5H2;8*1-2H3. The Morgan fingerprint density at radius 2 is 0.583 bits per heavy atom. The zero-order valence-electron chi connectivity index (χ0n) is 87.3. The number of allylic oxidation sites excluding steroid dienone is 6. The summed E-state index contributed by atoms with van der Waals surface area (Å²) in [5, 5.41) is 3.62. The summed E-state index contributed by atoms with van der Waals surface area (Å²) in [6, 6.07) is 40.1. The van der Waals surface area contributed by atoms with Crippen LogP contribution in [0.25, 0.3) is 11.1 Å². The van der Waals surface area contributed by atoms with Crippen LogP contribution in [0.4, 0.5) is 0 Å². The molecular formula is C125H210N2. The summed E-state index contributed by atoms with van der Waals surface area (Å²) in [6.07, 6.45) is 102. The summed E-state index contributed by atoms with van der Waals surface area (Å²) >= 11 is 0. The maximum atomic E-state index is 4.32. The zero-order chi connectivity index (χ0) is 91.8. The Morgan fingerprint density at radius 3 is 0.961 bits per heavy atom. The molecule has 720 valence electrons. The molecule has 4 aromatic carbocycles. The molecule has 127 heavy (non-hydrogen) atoms. The van der Waals surface area contributed by atoms with E-state index in [-0.39, 0.29) is 0 Å². The molecule has 1 aromatic heterocycles. The smallest absolute Gasteiger partial charge is 0.0435 e. The van der Waals surface area contributed by atoms with Gasteiger partial charge in [0, 0.05) is 23.9 Å². The van der Waals surface area contributed by atoms with Crippen molar-refractivity contribution >= 4 is 0 Å². The summed E-state index contributed by atoms with van der Waals surface area (Å²) < 4.78 is 0. The molecule has 8 bridgehead atoms. The van der Waals surface area contributed by atoms with Crippen molar-refractivity contribution in [1.82, 2.24) is 10.3 Å². The lowest BCUT2D eigenvalue weighted by Gasteiger charge is -2.40. The largest absolute Gasteiger partial charge is 0.314 e. The number of hydrogen-bond donors (Lipinski definition) is 1. The molecule has 21 aliphatic carbocycles. The van der Waals surface area contributed by atoms with E-state index in [9.17, 15) is 0 Å². The van der Waals surface area contributed by atoms with Gasteiger partial charge in [0.2, 0.25) is 0 Å². The van der Waals surface area contributed by atoms with Gasteiger partial charge in [-0.3, -0.25) is 4.98 Å². The van der Waals surface area contributed by atoms with Gasteiger partial charge in [0.05, 0.1) is 0 Å². The monoisotopic (exact) mass is 1740 g/mol. The van der Waals surface area contributed by atoms with Crippen LogP contribution in [0.3, 0.4) is 0 Å². The molecule has 2 atom stereocenters. The zero-order valence-corrected chi connectivity index (χ0v) is 87.3. The Morgan fingerprint density at radius 1 is 0.252 bits per heavy atom. The second-order valence-corrected chi connectivity index (χ2v) is 38.6. The minimum atomic E-state index is 0.558. The molecule has 5 aromatic rings. The summed E-state index contributed by atoms with van der Waals surface area (Å²) in [5.74, 6) is 12.8. The summed E-state index contributed by atoms with van der Waals surface area (Å²) in [5.41, 5.74) is 14.8. The first-order valence-corrected chi connectivity index (χ1v) is 57.0. The van der Waals surface area contributed by atoms with Crippen molar-refractivity contribution in [3.8, 4) is 11.1 Å². The van der Waals surface area contributed by atoms with Crippen LogP contribution in [0.5, 0.6) is 0 Å². The molecule has 2 heterocycles. The van der Waals surface area contributed by atoms with E-state index in [1.165, 1.54) is 302 Å². The number of nitrogens with one attached hydrogen (secondary N) is 1. The van der Waals surface area contributed by atoms with Gasteiger partial charge in [-0.1, -0.05) is 463 Å². The van der Waals surface area contributed by atoms with Crippen molar-refractivity contribution in [1.29, 1.82) is 0 Å². The van der Waals surface area contributed by atoms with E-state index < -0.39 is 0 Å². The fraction of sp³-hybridized carbons (Fsp3) is 0.720. The lowest BCUT2D eigenvalue weighted by molar-refractivity contribution is 0.116. The molecule has 2 heteroatoms. The average Bonchev–Trinajstić information content (AvgIpc) is 1.62. The molecule has 1 saturated heterocycles. The number of rotatable bonds is 0. The second-order valence-electron chi connectivity index (χ2n) is 38.6. The van der Waals surface area contributed by atoms with Gasteiger partial charge >= 0.3 is 0 Å². The number of nitrogens with zero attached hydrogens (tertiary/aromatic N) is 1. The van der Waals surface area contributed by atoms with Crippen molar-refractivity contribution in [2.24, 2.45) is 65.1 Å². The van der Waals surface area contributed by atoms with Crippen LogP contribution >= 0.6 is 0 Å². The normalized spacial score (nSPS) is 26.0. The number of fused-ring (bicyclic) bond motifs is 24. The predicted molar refractivity (Wildman–Crippen MR) is 572 cm³/mol. The molecule has 1 N–H and O–H groups in total. The van der Waals surface area contributed by atoms with Gasteiger partial charge in [-0.05, 0) is 301 Å². The third kappa shape index (κ3) is 45.7. The third-order valence-corrected chi connectivity index (χ3v) is 30.5. The number of hydrogen-bond acceptors (Lipinski definition) is 2. The molecule has 2 nitrogen and oxygen atoms in total. The van der Waals surface area contributed by atoms with Crippen molar-refractivity contribution in [2.45, 2.75) is 508 Å². The Balaban J connectivity index is 0.000000288. The van der Waals surface area contributed by atoms with Crippen LogP contribution in [0, 0.1) is 65.1 Å². The topological polar surface area (TPSA) is 24.9 Å². The molecule has 27 rings (SSSR count). The van der Waals surface area contributed by atoms with Gasteiger partial charge in [-0.15, -0.1) is 0 Å². The molecule has 2 unspecified atom stereocenters. The van der Waals surface area contributed by atoms with Crippen LogP contribution in [0.1, 0.15) is 509 Å². The van der Waals surface area contributed by atoms with Crippen molar-refractivity contribution in [3.63, 3.8) is 0 Å². The first-order chi connectivity index (χ1) is 63.0. The highest BCUT2D eigenvalue weighted by Crippen LogP contribution is 2.47. The van der Waals surface area contributed by atoms with Gasteiger partial charge in [0.15, 0.2) is 0 Å². The Kier molecular flexibility index (Phi) is 69.1. The van der Waals surface area contributed by atoms with E-state index in [4.69, 9.17) is 0 Å². The van der Waals surface area contributed by atoms with E-state index in [0.717, 1.165) is 59.3 Å². The molecule has 13 saturated carbocycles. The quantitative estimate of drug-likeness (QED) is 0.156. The van der Waals surface area contributed by atoms with Crippen LogP contribution in [-0.2, 0) is 38.5 Å². The van der Waals surface area contributed by atoms with E-state index in [1.54, 1.807) is 151 Å². The molecule has 22 aliphatic rings. The van der Waals surface area contributed by atoms with Gasteiger partial charge in [-0.2, -0.15) is 0 Å². The fourth-order valence-corrected chi connectivity index (χ4v) is 23.6. The Labute approximate surface area is 792 Å². The predicted octanol–water partition coefficient (Wildman–Crippen LogP) is 39.9. The van der Waals surface area contributed by atoms with Gasteiger partial charge < -0.3 is 5.32 Å². The van der Waals surface area contributed by atoms with E-state index in [1.807, 2.05) is 123 Å².